The summed E-state index contributed by atoms with van der Waals surface area (Å²) in [6.07, 6.45) is 6.32. The van der Waals surface area contributed by atoms with Gasteiger partial charge in [-0.1, -0.05) is 30.3 Å². The second-order valence-electron chi connectivity index (χ2n) is 6.82. The zero-order valence-electron chi connectivity index (χ0n) is 15.3. The number of para-hydroxylation sites is 1. The number of fused-ring (bicyclic) bond motifs is 2. The first kappa shape index (κ1) is 16.8. The largest absolute Gasteiger partial charge is 0.361 e. The molecule has 3 aromatic heterocycles. The van der Waals surface area contributed by atoms with E-state index in [1.54, 1.807) is 11.3 Å². The standard InChI is InChI=1S/C22H18N4OS/c1-14-12-26-13-20(25-22(26)28-14)15-5-4-6-17(9-15)24-21(27)10-16-11-23-19-8-3-2-7-18(16)19/h2-9,11-13,23H,10H2,1H3,(H,24,27). The molecule has 0 radical (unpaired) electrons. The van der Waals surface area contributed by atoms with Crippen LogP contribution < -0.4 is 5.32 Å². The molecule has 0 saturated carbocycles. The predicted octanol–water partition coefficient (Wildman–Crippen LogP) is 5.03. The molecule has 0 aliphatic rings. The van der Waals surface area contributed by atoms with E-state index in [1.807, 2.05) is 65.3 Å². The lowest BCUT2D eigenvalue weighted by Gasteiger charge is -2.06. The highest BCUT2D eigenvalue weighted by Gasteiger charge is 2.11. The van der Waals surface area contributed by atoms with E-state index in [9.17, 15) is 4.79 Å². The quantitative estimate of drug-likeness (QED) is 0.455. The van der Waals surface area contributed by atoms with Crippen molar-refractivity contribution in [3.63, 3.8) is 0 Å². The lowest BCUT2D eigenvalue weighted by atomic mass is 10.1. The fourth-order valence-electron chi connectivity index (χ4n) is 3.46. The van der Waals surface area contributed by atoms with Crippen LogP contribution in [-0.4, -0.2) is 20.3 Å². The minimum absolute atomic E-state index is 0.0386. The average molecular weight is 386 g/mol. The first-order chi connectivity index (χ1) is 13.7. The molecular weight excluding hydrogens is 368 g/mol. The van der Waals surface area contributed by atoms with Gasteiger partial charge in [0.1, 0.15) is 0 Å². The number of carbonyl (C=O) groups excluding carboxylic acids is 1. The number of H-pyrrole nitrogens is 1. The van der Waals surface area contributed by atoms with Gasteiger partial charge in [-0.3, -0.25) is 9.20 Å². The minimum Gasteiger partial charge on any atom is -0.361 e. The van der Waals surface area contributed by atoms with Crippen LogP contribution in [0.3, 0.4) is 0 Å². The van der Waals surface area contributed by atoms with Crippen molar-refractivity contribution in [2.45, 2.75) is 13.3 Å². The van der Waals surface area contributed by atoms with Crippen molar-refractivity contribution in [1.29, 1.82) is 0 Å². The first-order valence-corrected chi connectivity index (χ1v) is 9.88. The molecule has 6 heteroatoms. The lowest BCUT2D eigenvalue weighted by molar-refractivity contribution is -0.115. The molecule has 138 valence electrons. The maximum atomic E-state index is 12.6. The maximum absolute atomic E-state index is 12.6. The molecule has 5 aromatic rings. The fourth-order valence-corrected chi connectivity index (χ4v) is 4.27. The lowest BCUT2D eigenvalue weighted by Crippen LogP contribution is -2.14. The van der Waals surface area contributed by atoms with E-state index in [-0.39, 0.29) is 5.91 Å². The molecule has 28 heavy (non-hydrogen) atoms. The number of aromatic amines is 1. The summed E-state index contributed by atoms with van der Waals surface area (Å²) in [5, 5.41) is 4.09. The number of hydrogen-bond acceptors (Lipinski definition) is 3. The first-order valence-electron chi connectivity index (χ1n) is 9.06. The van der Waals surface area contributed by atoms with Crippen molar-refractivity contribution in [2.24, 2.45) is 0 Å². The van der Waals surface area contributed by atoms with E-state index >= 15 is 0 Å². The summed E-state index contributed by atoms with van der Waals surface area (Å²) in [6, 6.07) is 15.8. The molecule has 0 spiro atoms. The topological polar surface area (TPSA) is 62.2 Å². The van der Waals surface area contributed by atoms with Crippen molar-refractivity contribution in [3.05, 3.63) is 77.6 Å². The Morgan fingerprint density at radius 1 is 1.18 bits per heavy atom. The molecule has 5 nitrogen and oxygen atoms in total. The molecule has 5 rings (SSSR count). The summed E-state index contributed by atoms with van der Waals surface area (Å²) in [5.41, 5.74) is 4.70. The van der Waals surface area contributed by atoms with Crippen molar-refractivity contribution >= 4 is 38.8 Å². The van der Waals surface area contributed by atoms with Crippen molar-refractivity contribution in [2.75, 3.05) is 5.32 Å². The summed E-state index contributed by atoms with van der Waals surface area (Å²) in [5.74, 6) is -0.0386. The fraction of sp³-hybridized carbons (Fsp3) is 0.0909. The van der Waals surface area contributed by atoms with Crippen LogP contribution in [-0.2, 0) is 11.2 Å². The number of aromatic nitrogens is 3. The molecule has 0 saturated heterocycles. The van der Waals surface area contributed by atoms with E-state index in [0.29, 0.717) is 6.42 Å². The number of thiazole rings is 1. The third-order valence-corrected chi connectivity index (χ3v) is 5.65. The van der Waals surface area contributed by atoms with Crippen LogP contribution in [0.4, 0.5) is 5.69 Å². The number of nitrogens with zero attached hydrogens (tertiary/aromatic N) is 2. The molecule has 0 aliphatic carbocycles. The Balaban J connectivity index is 1.35. The number of rotatable bonds is 4. The van der Waals surface area contributed by atoms with Gasteiger partial charge in [-0.05, 0) is 30.7 Å². The normalized spacial score (nSPS) is 11.3. The molecule has 1 amide bonds. The Hall–Kier alpha value is -3.38. The van der Waals surface area contributed by atoms with Gasteiger partial charge in [-0.15, -0.1) is 11.3 Å². The summed E-state index contributed by atoms with van der Waals surface area (Å²) >= 11 is 1.66. The molecule has 3 heterocycles. The molecule has 2 aromatic carbocycles. The Kier molecular flexibility index (Phi) is 3.98. The molecule has 0 unspecified atom stereocenters. The highest BCUT2D eigenvalue weighted by atomic mass is 32.1. The highest BCUT2D eigenvalue weighted by molar-refractivity contribution is 7.17. The Labute approximate surface area is 165 Å². The van der Waals surface area contributed by atoms with Crippen molar-refractivity contribution in [1.82, 2.24) is 14.4 Å². The van der Waals surface area contributed by atoms with Crippen LogP contribution in [0.15, 0.2) is 67.1 Å². The number of anilines is 1. The van der Waals surface area contributed by atoms with Crippen LogP contribution >= 0.6 is 11.3 Å². The molecule has 0 aliphatic heterocycles. The molecular formula is C22H18N4OS. The van der Waals surface area contributed by atoms with Gasteiger partial charge >= 0.3 is 0 Å². The highest BCUT2D eigenvalue weighted by Crippen LogP contribution is 2.26. The van der Waals surface area contributed by atoms with Gasteiger partial charge in [0.2, 0.25) is 5.91 Å². The van der Waals surface area contributed by atoms with Gasteiger partial charge in [0.25, 0.3) is 0 Å². The number of carbonyl (C=O) groups is 1. The second kappa shape index (κ2) is 6.65. The van der Waals surface area contributed by atoms with Crippen LogP contribution in [0.5, 0.6) is 0 Å². The predicted molar refractivity (Wildman–Crippen MR) is 114 cm³/mol. The number of nitrogens with one attached hydrogen (secondary N) is 2. The van der Waals surface area contributed by atoms with Crippen LogP contribution in [0.2, 0.25) is 0 Å². The van der Waals surface area contributed by atoms with Crippen molar-refractivity contribution < 1.29 is 4.79 Å². The number of benzene rings is 2. The molecule has 2 N–H and O–H groups in total. The SMILES string of the molecule is Cc1cn2cc(-c3cccc(NC(=O)Cc4c[nH]c5ccccc45)c3)nc2s1. The smallest absolute Gasteiger partial charge is 0.228 e. The van der Waals surface area contributed by atoms with Crippen LogP contribution in [0.1, 0.15) is 10.4 Å². The van der Waals surface area contributed by atoms with Crippen LogP contribution in [0, 0.1) is 6.92 Å². The zero-order valence-corrected chi connectivity index (χ0v) is 16.1. The van der Waals surface area contributed by atoms with E-state index in [0.717, 1.165) is 38.4 Å². The monoisotopic (exact) mass is 386 g/mol. The van der Waals surface area contributed by atoms with Gasteiger partial charge in [-0.2, -0.15) is 0 Å². The Bertz CT molecular complexity index is 1280. The summed E-state index contributed by atoms with van der Waals surface area (Å²) in [6.45, 7) is 2.07. The second-order valence-corrected chi connectivity index (χ2v) is 8.04. The van der Waals surface area contributed by atoms with Gasteiger partial charge in [0, 0.05) is 45.6 Å². The number of aryl methyl sites for hydroxylation is 1. The molecule has 0 atom stereocenters. The van der Waals surface area contributed by atoms with E-state index in [1.165, 1.54) is 4.88 Å². The van der Waals surface area contributed by atoms with Gasteiger partial charge in [0.05, 0.1) is 12.1 Å². The van der Waals surface area contributed by atoms with Crippen LogP contribution in [0.25, 0.3) is 27.1 Å². The van der Waals surface area contributed by atoms with E-state index < -0.39 is 0 Å². The van der Waals surface area contributed by atoms with E-state index in [4.69, 9.17) is 0 Å². The van der Waals surface area contributed by atoms with Gasteiger partial charge in [0.15, 0.2) is 4.96 Å². The van der Waals surface area contributed by atoms with Crippen molar-refractivity contribution in [3.8, 4) is 11.3 Å². The van der Waals surface area contributed by atoms with Gasteiger partial charge in [-0.25, -0.2) is 4.98 Å². The summed E-state index contributed by atoms with van der Waals surface area (Å²) in [4.78, 5) is 22.7. The molecule has 0 fully saturated rings. The van der Waals surface area contributed by atoms with Gasteiger partial charge < -0.3 is 10.3 Å². The Morgan fingerprint density at radius 2 is 2.07 bits per heavy atom. The van der Waals surface area contributed by atoms with E-state index in [2.05, 4.69) is 28.4 Å². The zero-order chi connectivity index (χ0) is 19.1. The average Bonchev–Trinajstić information content (AvgIpc) is 3.35. The number of imidazole rings is 1. The summed E-state index contributed by atoms with van der Waals surface area (Å²) < 4.78 is 2.04. The number of hydrogen-bond donors (Lipinski definition) is 2. The third kappa shape index (κ3) is 3.08. The third-order valence-electron chi connectivity index (χ3n) is 4.74. The minimum atomic E-state index is -0.0386. The number of amides is 1. The maximum Gasteiger partial charge on any atom is 0.228 e. The molecule has 0 bridgehead atoms. The Morgan fingerprint density at radius 3 is 2.96 bits per heavy atom. The summed E-state index contributed by atoms with van der Waals surface area (Å²) in [7, 11) is 0.